The minimum absolute atomic E-state index is 0.0440. The van der Waals surface area contributed by atoms with Crippen LogP contribution in [0.3, 0.4) is 0 Å². The summed E-state index contributed by atoms with van der Waals surface area (Å²) in [4.78, 5) is 16.5. The van der Waals surface area contributed by atoms with Gasteiger partial charge in [-0.15, -0.1) is 0 Å². The third kappa shape index (κ3) is 4.18. The van der Waals surface area contributed by atoms with Gasteiger partial charge in [0.2, 0.25) is 0 Å². The van der Waals surface area contributed by atoms with Crippen LogP contribution in [0, 0.1) is 0 Å². The van der Waals surface area contributed by atoms with E-state index in [-0.39, 0.29) is 11.4 Å². The van der Waals surface area contributed by atoms with Crippen LogP contribution in [0.4, 0.5) is 24.5 Å². The van der Waals surface area contributed by atoms with Gasteiger partial charge in [0.25, 0.3) is 5.91 Å². The van der Waals surface area contributed by atoms with Crippen molar-refractivity contribution in [3.05, 3.63) is 54.1 Å². The van der Waals surface area contributed by atoms with Gasteiger partial charge < -0.3 is 19.5 Å². The van der Waals surface area contributed by atoms with Crippen molar-refractivity contribution in [3.63, 3.8) is 0 Å². The number of benzene rings is 1. The Morgan fingerprint density at radius 2 is 1.93 bits per heavy atom. The maximum atomic E-state index is 13.7. The van der Waals surface area contributed by atoms with Crippen LogP contribution in [0.15, 0.2) is 47.3 Å². The molecular weight excluding hydrogens is 399 g/mol. The zero-order chi connectivity index (χ0) is 21.3. The summed E-state index contributed by atoms with van der Waals surface area (Å²) < 4.78 is 46.0. The first-order valence-corrected chi connectivity index (χ1v) is 9.35. The number of amides is 1. The van der Waals surface area contributed by atoms with Crippen molar-refractivity contribution in [1.29, 1.82) is 0 Å². The van der Waals surface area contributed by atoms with Gasteiger partial charge in [-0.1, -0.05) is 0 Å². The third-order valence-corrected chi connectivity index (χ3v) is 5.06. The van der Waals surface area contributed by atoms with E-state index in [1.807, 2.05) is 11.9 Å². The number of hydrogen-bond acceptors (Lipinski definition) is 5. The first-order valence-electron chi connectivity index (χ1n) is 9.35. The lowest BCUT2D eigenvalue weighted by Gasteiger charge is -2.34. The molecule has 0 radical (unpaired) electrons. The van der Waals surface area contributed by atoms with E-state index in [2.05, 4.69) is 20.4 Å². The molecule has 30 heavy (non-hydrogen) atoms. The number of rotatable bonds is 4. The molecule has 0 atom stereocenters. The van der Waals surface area contributed by atoms with E-state index in [0.29, 0.717) is 30.0 Å². The summed E-state index contributed by atoms with van der Waals surface area (Å²) in [7, 11) is 1.98. The second-order valence-corrected chi connectivity index (χ2v) is 7.15. The molecule has 0 spiro atoms. The maximum Gasteiger partial charge on any atom is 0.418 e. The molecule has 1 aliphatic rings. The van der Waals surface area contributed by atoms with Gasteiger partial charge in [0.05, 0.1) is 29.5 Å². The van der Waals surface area contributed by atoms with Crippen molar-refractivity contribution in [3.8, 4) is 11.3 Å². The molecule has 1 aromatic carbocycles. The van der Waals surface area contributed by atoms with E-state index >= 15 is 0 Å². The summed E-state index contributed by atoms with van der Waals surface area (Å²) >= 11 is 0. The Kier molecular flexibility index (Phi) is 5.25. The van der Waals surface area contributed by atoms with E-state index in [9.17, 15) is 18.0 Å². The molecule has 1 saturated heterocycles. The number of carbonyl (C=O) groups excluding carboxylic acids is 1. The molecular formula is C20H20F3N5O2. The second-order valence-electron chi connectivity index (χ2n) is 7.15. The smallest absolute Gasteiger partial charge is 0.418 e. The number of anilines is 2. The lowest BCUT2D eigenvalue weighted by atomic mass is 10.1. The molecule has 2 N–H and O–H groups in total. The summed E-state index contributed by atoms with van der Waals surface area (Å²) in [6, 6.07) is 7.09. The van der Waals surface area contributed by atoms with Crippen LogP contribution in [0.25, 0.3) is 11.3 Å². The summed E-state index contributed by atoms with van der Waals surface area (Å²) in [5.74, 6) is -0.713. The number of nitrogens with zero attached hydrogens (tertiary/aromatic N) is 3. The molecule has 1 fully saturated rings. The Morgan fingerprint density at radius 1 is 1.17 bits per heavy atom. The van der Waals surface area contributed by atoms with Gasteiger partial charge >= 0.3 is 6.18 Å². The average molecular weight is 419 g/mol. The molecule has 1 aliphatic heterocycles. The van der Waals surface area contributed by atoms with Crippen molar-refractivity contribution < 1.29 is 22.4 Å². The fourth-order valence-corrected chi connectivity index (χ4v) is 3.32. The highest BCUT2D eigenvalue weighted by atomic mass is 19.4. The van der Waals surface area contributed by atoms with Gasteiger partial charge in [0.1, 0.15) is 5.69 Å². The molecule has 4 rings (SSSR count). The fourth-order valence-electron chi connectivity index (χ4n) is 3.32. The average Bonchev–Trinajstić information content (AvgIpc) is 3.40. The maximum absolute atomic E-state index is 13.7. The van der Waals surface area contributed by atoms with Crippen molar-refractivity contribution in [2.75, 3.05) is 43.4 Å². The van der Waals surface area contributed by atoms with Crippen LogP contribution in [-0.4, -0.2) is 54.2 Å². The van der Waals surface area contributed by atoms with Crippen molar-refractivity contribution in [1.82, 2.24) is 15.1 Å². The lowest BCUT2D eigenvalue weighted by molar-refractivity contribution is -0.136. The number of hydrogen-bond donors (Lipinski definition) is 2. The number of furan rings is 1. The minimum atomic E-state index is -4.61. The highest BCUT2D eigenvalue weighted by Gasteiger charge is 2.35. The van der Waals surface area contributed by atoms with Crippen LogP contribution >= 0.6 is 0 Å². The van der Waals surface area contributed by atoms with E-state index in [4.69, 9.17) is 4.42 Å². The molecule has 0 bridgehead atoms. The second kappa shape index (κ2) is 7.86. The number of H-pyrrole nitrogens is 1. The van der Waals surface area contributed by atoms with Gasteiger partial charge in [0, 0.05) is 37.4 Å². The minimum Gasteiger partial charge on any atom is -0.472 e. The number of likely N-dealkylation sites (N-methyl/N-ethyl adjacent to an activating group) is 1. The molecule has 0 saturated carbocycles. The number of alkyl halides is 3. The van der Waals surface area contributed by atoms with Crippen LogP contribution in [0.5, 0.6) is 0 Å². The van der Waals surface area contributed by atoms with Crippen LogP contribution in [0.1, 0.15) is 16.1 Å². The summed E-state index contributed by atoms with van der Waals surface area (Å²) in [5.41, 5.74) is 0.444. The van der Waals surface area contributed by atoms with Gasteiger partial charge in [-0.25, -0.2) is 0 Å². The topological polar surface area (TPSA) is 77.4 Å². The molecule has 158 valence electrons. The molecule has 1 amide bonds. The molecule has 0 unspecified atom stereocenters. The fraction of sp³-hybridized carbons (Fsp3) is 0.300. The Labute approximate surface area is 170 Å². The van der Waals surface area contributed by atoms with Gasteiger partial charge in [-0.2, -0.15) is 18.3 Å². The number of piperazine rings is 1. The van der Waals surface area contributed by atoms with E-state index < -0.39 is 17.6 Å². The highest BCUT2D eigenvalue weighted by molar-refractivity contribution is 6.04. The lowest BCUT2D eigenvalue weighted by Crippen LogP contribution is -2.44. The molecule has 3 aromatic rings. The number of aromatic amines is 1. The van der Waals surface area contributed by atoms with Crippen LogP contribution in [-0.2, 0) is 6.18 Å². The predicted octanol–water partition coefficient (Wildman–Crippen LogP) is 3.69. The zero-order valence-electron chi connectivity index (χ0n) is 16.2. The quantitative estimate of drug-likeness (QED) is 0.675. The Balaban J connectivity index is 1.56. The van der Waals surface area contributed by atoms with Crippen molar-refractivity contribution in [2.24, 2.45) is 0 Å². The molecule has 0 aliphatic carbocycles. The highest BCUT2D eigenvalue weighted by Crippen LogP contribution is 2.37. The Morgan fingerprint density at radius 3 is 2.60 bits per heavy atom. The van der Waals surface area contributed by atoms with E-state index in [1.165, 1.54) is 24.7 Å². The first kappa shape index (κ1) is 20.0. The monoisotopic (exact) mass is 419 g/mol. The van der Waals surface area contributed by atoms with E-state index in [0.717, 1.165) is 19.2 Å². The summed E-state index contributed by atoms with van der Waals surface area (Å²) in [6.07, 6.45) is -1.70. The van der Waals surface area contributed by atoms with Crippen molar-refractivity contribution in [2.45, 2.75) is 6.18 Å². The third-order valence-electron chi connectivity index (χ3n) is 5.06. The zero-order valence-corrected chi connectivity index (χ0v) is 16.2. The number of carbonyl (C=O) groups is 1. The largest absolute Gasteiger partial charge is 0.472 e. The van der Waals surface area contributed by atoms with Crippen molar-refractivity contribution >= 4 is 17.3 Å². The molecule has 2 aromatic heterocycles. The van der Waals surface area contributed by atoms with Crippen LogP contribution < -0.4 is 10.2 Å². The number of halogens is 3. The summed E-state index contributed by atoms with van der Waals surface area (Å²) in [6.45, 7) is 2.84. The Hall–Kier alpha value is -3.27. The molecule has 10 heteroatoms. The standard InChI is InChI=1S/C20H20F3N5O2/c1-27-5-7-28(8-6-27)14-2-3-16(15(10-14)20(21,22)23)24-19(29)18-11-17(25-26-18)13-4-9-30-12-13/h2-4,9-12H,5-8H2,1H3,(H,24,29)(H,25,26). The molecule has 3 heterocycles. The number of aromatic nitrogens is 2. The first-order chi connectivity index (χ1) is 14.3. The predicted molar refractivity (Wildman–Crippen MR) is 105 cm³/mol. The summed E-state index contributed by atoms with van der Waals surface area (Å²) in [5, 5.41) is 8.89. The van der Waals surface area contributed by atoms with Gasteiger partial charge in [-0.3, -0.25) is 9.89 Å². The molecule has 7 nitrogen and oxygen atoms in total. The van der Waals surface area contributed by atoms with Gasteiger partial charge in [-0.05, 0) is 37.4 Å². The number of nitrogens with one attached hydrogen (secondary N) is 2. The van der Waals surface area contributed by atoms with Gasteiger partial charge in [0.15, 0.2) is 0 Å². The van der Waals surface area contributed by atoms with E-state index in [1.54, 1.807) is 12.1 Å². The van der Waals surface area contributed by atoms with Crippen LogP contribution in [0.2, 0.25) is 0 Å². The Bertz CT molecular complexity index is 1020. The normalized spacial score (nSPS) is 15.4. The SMILES string of the molecule is CN1CCN(c2ccc(NC(=O)c3cc(-c4ccoc4)n[nH]3)c(C(F)(F)F)c2)CC1.